The highest BCUT2D eigenvalue weighted by Gasteiger charge is 2.43. The van der Waals surface area contributed by atoms with Crippen molar-refractivity contribution in [2.24, 2.45) is 5.41 Å². The van der Waals surface area contributed by atoms with E-state index in [4.69, 9.17) is 9.84 Å². The number of fused-ring (bicyclic) bond motifs is 1. The lowest BCUT2D eigenvalue weighted by Crippen LogP contribution is -2.34. The number of hydrogen-bond donors (Lipinski definition) is 1. The largest absolute Gasteiger partial charge is 0.489 e. The quantitative estimate of drug-likeness (QED) is 0.218. The van der Waals surface area contributed by atoms with Gasteiger partial charge in [-0.1, -0.05) is 104 Å². The fraction of sp³-hybridized carbons (Fsp3) is 0.231. The number of carbonyl (C=O) groups excluding carboxylic acids is 1. The second kappa shape index (κ2) is 11.0. The number of ether oxygens (including phenoxy) is 1. The van der Waals surface area contributed by atoms with E-state index >= 15 is 0 Å². The molecule has 0 radical (unpaired) electrons. The fourth-order valence-electron chi connectivity index (χ4n) is 6.75. The number of anilines is 1. The molecular weight excluding hydrogens is 542 g/mol. The Morgan fingerprint density at radius 2 is 1.59 bits per heavy atom. The molecule has 1 aliphatic heterocycles. The third kappa shape index (κ3) is 5.13. The lowest BCUT2D eigenvalue weighted by molar-refractivity contribution is -0.118. The van der Waals surface area contributed by atoms with Gasteiger partial charge in [0.1, 0.15) is 18.2 Å². The van der Waals surface area contributed by atoms with Gasteiger partial charge in [-0.2, -0.15) is 5.10 Å². The first-order chi connectivity index (χ1) is 21.3. The molecule has 1 aromatic heterocycles. The predicted molar refractivity (Wildman–Crippen MR) is 176 cm³/mol. The number of nitrogens with zero attached hydrogens (tertiary/aromatic N) is 2. The Labute approximate surface area is 259 Å². The van der Waals surface area contributed by atoms with Crippen LogP contribution in [0.1, 0.15) is 60.4 Å². The Morgan fingerprint density at radius 1 is 0.886 bits per heavy atom. The van der Waals surface area contributed by atoms with Gasteiger partial charge in [0.15, 0.2) is 5.78 Å². The lowest BCUT2D eigenvalue weighted by Gasteiger charge is -2.39. The van der Waals surface area contributed by atoms with Crippen LogP contribution in [0.4, 0.5) is 5.82 Å². The minimum Gasteiger partial charge on any atom is -0.489 e. The molecule has 4 aromatic carbocycles. The molecule has 0 saturated heterocycles. The Bertz CT molecular complexity index is 1880. The van der Waals surface area contributed by atoms with Gasteiger partial charge in [0.05, 0.1) is 11.4 Å². The van der Waals surface area contributed by atoms with E-state index in [0.717, 1.165) is 68.5 Å². The minimum atomic E-state index is -0.261. The fourth-order valence-corrected chi connectivity index (χ4v) is 6.75. The van der Waals surface area contributed by atoms with Crippen molar-refractivity contribution in [1.29, 1.82) is 0 Å². The van der Waals surface area contributed by atoms with Crippen LogP contribution in [0.5, 0.6) is 5.75 Å². The van der Waals surface area contributed by atoms with Crippen LogP contribution in [0.3, 0.4) is 0 Å². The summed E-state index contributed by atoms with van der Waals surface area (Å²) in [5, 5.41) is 9.06. The van der Waals surface area contributed by atoms with Crippen LogP contribution >= 0.6 is 0 Å². The molecule has 5 heteroatoms. The van der Waals surface area contributed by atoms with Crippen molar-refractivity contribution in [2.75, 3.05) is 5.32 Å². The highest BCUT2D eigenvalue weighted by Crippen LogP contribution is 2.52. The summed E-state index contributed by atoms with van der Waals surface area (Å²) in [7, 11) is 0. The van der Waals surface area contributed by atoms with Crippen LogP contribution in [-0.2, 0) is 11.4 Å². The number of Topliss-reactive ketones (excluding diaryl/α,β-unsaturated/α-hetero) is 1. The van der Waals surface area contributed by atoms with Gasteiger partial charge in [0.25, 0.3) is 0 Å². The number of hydrogen-bond acceptors (Lipinski definition) is 4. The van der Waals surface area contributed by atoms with Crippen molar-refractivity contribution in [3.8, 4) is 22.7 Å². The summed E-state index contributed by atoms with van der Waals surface area (Å²) >= 11 is 0. The molecule has 1 atom stereocenters. The maximum Gasteiger partial charge on any atom is 0.162 e. The molecule has 0 saturated carbocycles. The van der Waals surface area contributed by atoms with Crippen LogP contribution in [0, 0.1) is 19.3 Å². The van der Waals surface area contributed by atoms with Crippen molar-refractivity contribution >= 4 is 11.6 Å². The molecule has 0 fully saturated rings. The molecule has 5 nitrogen and oxygen atoms in total. The van der Waals surface area contributed by atoms with Gasteiger partial charge in [0, 0.05) is 34.7 Å². The van der Waals surface area contributed by atoms with Crippen LogP contribution in [0.15, 0.2) is 114 Å². The molecule has 220 valence electrons. The maximum atomic E-state index is 14.0. The van der Waals surface area contributed by atoms with E-state index in [0.29, 0.717) is 13.0 Å². The number of allylic oxidation sites excluding steroid dienone is 2. The SMILES string of the molecule is Cc1ccc(-n2nc(-c3ccccc3)c3c2NC2=C(C(=O)CC(C)(C)C2)C3c2ccc(OCc3ccccc3)cc2)c(C)c1. The molecule has 0 amide bonds. The van der Waals surface area contributed by atoms with Crippen LogP contribution in [0.25, 0.3) is 16.9 Å². The summed E-state index contributed by atoms with van der Waals surface area (Å²) in [5.74, 6) is 1.66. The number of aromatic nitrogens is 2. The van der Waals surface area contributed by atoms with Crippen LogP contribution in [-0.4, -0.2) is 15.6 Å². The van der Waals surface area contributed by atoms with Gasteiger partial charge >= 0.3 is 0 Å². The van der Waals surface area contributed by atoms with E-state index in [2.05, 4.69) is 87.6 Å². The number of nitrogens with one attached hydrogen (secondary N) is 1. The van der Waals surface area contributed by atoms with Crippen LogP contribution in [0.2, 0.25) is 0 Å². The highest BCUT2D eigenvalue weighted by atomic mass is 16.5. The second-order valence-corrected chi connectivity index (χ2v) is 12.9. The summed E-state index contributed by atoms with van der Waals surface area (Å²) in [6, 6.07) is 35.2. The third-order valence-corrected chi connectivity index (χ3v) is 8.78. The van der Waals surface area contributed by atoms with Gasteiger partial charge in [-0.15, -0.1) is 0 Å². The van der Waals surface area contributed by atoms with Crippen molar-refractivity contribution < 1.29 is 9.53 Å². The molecule has 2 aliphatic rings. The van der Waals surface area contributed by atoms with Crippen molar-refractivity contribution in [3.63, 3.8) is 0 Å². The average Bonchev–Trinajstić information content (AvgIpc) is 3.38. The van der Waals surface area contributed by atoms with Crippen LogP contribution < -0.4 is 10.1 Å². The molecule has 2 heterocycles. The van der Waals surface area contributed by atoms with Gasteiger partial charge in [-0.05, 0) is 60.6 Å². The van der Waals surface area contributed by atoms with E-state index in [1.165, 1.54) is 5.56 Å². The number of aryl methyl sites for hydroxylation is 2. The molecule has 44 heavy (non-hydrogen) atoms. The van der Waals surface area contributed by atoms with Gasteiger partial charge < -0.3 is 10.1 Å². The first kappa shape index (κ1) is 27.9. The van der Waals surface area contributed by atoms with E-state index in [1.54, 1.807) is 0 Å². The molecule has 7 rings (SSSR count). The first-order valence-electron chi connectivity index (χ1n) is 15.3. The smallest absolute Gasteiger partial charge is 0.162 e. The molecule has 1 unspecified atom stereocenters. The molecule has 5 aromatic rings. The lowest BCUT2D eigenvalue weighted by atomic mass is 9.69. The Morgan fingerprint density at radius 3 is 2.30 bits per heavy atom. The molecule has 0 bridgehead atoms. The zero-order chi connectivity index (χ0) is 30.4. The topological polar surface area (TPSA) is 56.2 Å². The van der Waals surface area contributed by atoms with Gasteiger partial charge in [-0.25, -0.2) is 4.68 Å². The Kier molecular flexibility index (Phi) is 6.97. The standard InChI is InChI=1S/C39H37N3O2/c1-25-15-20-32(26(2)21-25)42-38-36(37(41-42)29-13-9-6-10-14-29)34(35-31(40-38)22-39(3,4)23-33(35)43)28-16-18-30(19-17-28)44-24-27-11-7-5-8-12-27/h5-21,34,40H,22-24H2,1-4H3. The van der Waals surface area contributed by atoms with Crippen molar-refractivity contribution in [1.82, 2.24) is 9.78 Å². The Hall–Kier alpha value is -4.90. The summed E-state index contributed by atoms with van der Waals surface area (Å²) in [5.41, 5.74) is 10.2. The molecule has 1 aliphatic carbocycles. The van der Waals surface area contributed by atoms with Gasteiger partial charge in [-0.3, -0.25) is 4.79 Å². The zero-order valence-electron chi connectivity index (χ0n) is 25.7. The zero-order valence-corrected chi connectivity index (χ0v) is 25.7. The third-order valence-electron chi connectivity index (χ3n) is 8.78. The van der Waals surface area contributed by atoms with Crippen molar-refractivity contribution in [2.45, 2.75) is 53.1 Å². The number of carbonyl (C=O) groups is 1. The normalized spacial score (nSPS) is 17.1. The number of rotatable bonds is 6. The van der Waals surface area contributed by atoms with Crippen molar-refractivity contribution in [3.05, 3.63) is 142 Å². The highest BCUT2D eigenvalue weighted by molar-refractivity contribution is 6.02. The minimum absolute atomic E-state index is 0.132. The van der Waals surface area contributed by atoms with E-state index in [1.807, 2.05) is 53.2 Å². The monoisotopic (exact) mass is 579 g/mol. The van der Waals surface area contributed by atoms with E-state index in [-0.39, 0.29) is 17.1 Å². The van der Waals surface area contributed by atoms with Gasteiger partial charge in [0.2, 0.25) is 0 Å². The molecule has 1 N–H and O–H groups in total. The summed E-state index contributed by atoms with van der Waals surface area (Å²) in [6.07, 6.45) is 1.31. The average molecular weight is 580 g/mol. The van der Waals surface area contributed by atoms with E-state index < -0.39 is 0 Å². The summed E-state index contributed by atoms with van der Waals surface area (Å²) in [4.78, 5) is 14.0. The maximum absolute atomic E-state index is 14.0. The van der Waals surface area contributed by atoms with E-state index in [9.17, 15) is 4.79 Å². The first-order valence-corrected chi connectivity index (χ1v) is 15.3. The predicted octanol–water partition coefficient (Wildman–Crippen LogP) is 8.94. The summed E-state index contributed by atoms with van der Waals surface area (Å²) in [6.45, 7) is 9.10. The number of ketones is 1. The Balaban J connectivity index is 1.40. The number of benzene rings is 4. The second-order valence-electron chi connectivity index (χ2n) is 12.9. The molecular formula is C39H37N3O2. The molecule has 0 spiro atoms. The summed E-state index contributed by atoms with van der Waals surface area (Å²) < 4.78 is 8.18.